The predicted molar refractivity (Wildman–Crippen MR) is 199 cm³/mol. The smallest absolute Gasteiger partial charge is 0.101 e. The van der Waals surface area contributed by atoms with E-state index in [2.05, 4.69) is 117 Å². The SMILES string of the molecule is N#Cc1ccccc1-n1c2c(ccc3c2c2ccccc2n3-c2ccccc2)c2cc(C#N)c3c(c4ccccc4n3-c3ccccc3)c21. The summed E-state index contributed by atoms with van der Waals surface area (Å²) < 4.78 is 6.82. The second-order valence-electron chi connectivity index (χ2n) is 12.4. The molecule has 0 unspecified atom stereocenters. The summed E-state index contributed by atoms with van der Waals surface area (Å²) in [5.74, 6) is 0. The van der Waals surface area contributed by atoms with Gasteiger partial charge in [0, 0.05) is 43.7 Å². The van der Waals surface area contributed by atoms with E-state index in [1.165, 1.54) is 0 Å². The maximum atomic E-state index is 10.8. The first-order chi connectivity index (χ1) is 24.3. The van der Waals surface area contributed by atoms with Gasteiger partial charge in [-0.1, -0.05) is 91.0 Å². The van der Waals surface area contributed by atoms with Crippen LogP contribution in [0.3, 0.4) is 0 Å². The Labute approximate surface area is 280 Å². The standard InChI is InChI=1S/C44H25N5/c45-26-28-13-7-10-20-36(28)49-43-32(23-24-39-40(43)33-18-8-11-21-37(33)47(39)30-14-3-1-4-15-30)35-25-29(27-46)42-41(44(35)49)34-19-9-12-22-38(34)48(42)31-16-5-2-6-17-31/h1-25H. The lowest BCUT2D eigenvalue weighted by Gasteiger charge is -2.13. The van der Waals surface area contributed by atoms with E-state index in [1.54, 1.807) is 0 Å². The molecule has 0 spiro atoms. The summed E-state index contributed by atoms with van der Waals surface area (Å²) in [6, 6.07) is 56.9. The molecule has 0 aliphatic carbocycles. The molecule has 3 heterocycles. The van der Waals surface area contributed by atoms with Gasteiger partial charge in [0.2, 0.25) is 0 Å². The monoisotopic (exact) mass is 623 g/mol. The molecule has 5 heteroatoms. The van der Waals surface area contributed by atoms with Crippen LogP contribution in [0.1, 0.15) is 11.1 Å². The van der Waals surface area contributed by atoms with E-state index in [9.17, 15) is 10.5 Å². The van der Waals surface area contributed by atoms with Crippen LogP contribution in [-0.4, -0.2) is 13.7 Å². The number of nitrogens with zero attached hydrogens (tertiary/aromatic N) is 5. The van der Waals surface area contributed by atoms with Gasteiger partial charge in [-0.25, -0.2) is 0 Å². The van der Waals surface area contributed by atoms with E-state index >= 15 is 0 Å². The van der Waals surface area contributed by atoms with Crippen LogP contribution in [0.15, 0.2) is 152 Å². The number of rotatable bonds is 3. The summed E-state index contributed by atoms with van der Waals surface area (Å²) in [4.78, 5) is 0. The number of para-hydroxylation sites is 5. The van der Waals surface area contributed by atoms with Crippen LogP contribution in [0.25, 0.3) is 82.5 Å². The maximum Gasteiger partial charge on any atom is 0.101 e. The van der Waals surface area contributed by atoms with Crippen molar-refractivity contribution in [2.24, 2.45) is 0 Å². The molecular formula is C44H25N5. The number of fused-ring (bicyclic) bond motifs is 11. The molecule has 0 radical (unpaired) electrons. The topological polar surface area (TPSA) is 62.4 Å². The molecule has 3 aromatic heterocycles. The molecule has 10 aromatic rings. The minimum atomic E-state index is 0.578. The fourth-order valence-electron chi connectivity index (χ4n) is 7.98. The van der Waals surface area contributed by atoms with E-state index in [4.69, 9.17) is 0 Å². The van der Waals surface area contributed by atoms with Gasteiger partial charge in [-0.05, 0) is 60.7 Å². The fraction of sp³-hybridized carbons (Fsp3) is 0. The van der Waals surface area contributed by atoms with Crippen LogP contribution in [0.4, 0.5) is 0 Å². The third kappa shape index (κ3) is 3.62. The van der Waals surface area contributed by atoms with E-state index in [-0.39, 0.29) is 0 Å². The first kappa shape index (κ1) is 27.1. The van der Waals surface area contributed by atoms with Crippen LogP contribution in [0.5, 0.6) is 0 Å². The number of hydrogen-bond acceptors (Lipinski definition) is 2. The van der Waals surface area contributed by atoms with Crippen molar-refractivity contribution < 1.29 is 0 Å². The Balaban J connectivity index is 1.53. The number of benzene rings is 7. The second-order valence-corrected chi connectivity index (χ2v) is 12.4. The van der Waals surface area contributed by atoms with Gasteiger partial charge >= 0.3 is 0 Å². The molecule has 7 aromatic carbocycles. The van der Waals surface area contributed by atoms with Gasteiger partial charge in [0.1, 0.15) is 12.1 Å². The van der Waals surface area contributed by atoms with Crippen molar-refractivity contribution in [2.45, 2.75) is 0 Å². The first-order valence-corrected chi connectivity index (χ1v) is 16.3. The van der Waals surface area contributed by atoms with Gasteiger partial charge in [0.25, 0.3) is 0 Å². The highest BCUT2D eigenvalue weighted by molar-refractivity contribution is 6.32. The molecule has 0 saturated carbocycles. The van der Waals surface area contributed by atoms with Crippen LogP contribution in [-0.2, 0) is 0 Å². The zero-order chi connectivity index (χ0) is 32.6. The van der Waals surface area contributed by atoms with Crippen molar-refractivity contribution in [3.8, 4) is 29.2 Å². The molecule has 5 nitrogen and oxygen atoms in total. The van der Waals surface area contributed by atoms with E-state index < -0.39 is 0 Å². The minimum absolute atomic E-state index is 0.578. The summed E-state index contributed by atoms with van der Waals surface area (Å²) in [6.45, 7) is 0. The van der Waals surface area contributed by atoms with Crippen LogP contribution >= 0.6 is 0 Å². The van der Waals surface area contributed by atoms with Crippen molar-refractivity contribution in [1.82, 2.24) is 13.7 Å². The first-order valence-electron chi connectivity index (χ1n) is 16.3. The van der Waals surface area contributed by atoms with Crippen LogP contribution < -0.4 is 0 Å². The highest BCUT2D eigenvalue weighted by Gasteiger charge is 2.27. The molecule has 10 rings (SSSR count). The third-order valence-corrected chi connectivity index (χ3v) is 9.87. The molecule has 0 saturated heterocycles. The van der Waals surface area contributed by atoms with Gasteiger partial charge < -0.3 is 13.7 Å². The highest BCUT2D eigenvalue weighted by atomic mass is 15.0. The normalized spacial score (nSPS) is 11.6. The zero-order valence-corrected chi connectivity index (χ0v) is 26.2. The van der Waals surface area contributed by atoms with E-state index in [1.807, 2.05) is 60.7 Å². The van der Waals surface area contributed by atoms with Gasteiger partial charge in [0.15, 0.2) is 0 Å². The molecule has 0 bridgehead atoms. The predicted octanol–water partition coefficient (Wildman–Crippen LogP) is 10.7. The minimum Gasteiger partial charge on any atom is -0.309 e. The Morgan fingerprint density at radius 3 is 1.61 bits per heavy atom. The van der Waals surface area contributed by atoms with Gasteiger partial charge in [-0.3, -0.25) is 0 Å². The molecule has 226 valence electrons. The van der Waals surface area contributed by atoms with Crippen molar-refractivity contribution in [1.29, 1.82) is 10.5 Å². The summed E-state index contributed by atoms with van der Waals surface area (Å²) >= 11 is 0. The largest absolute Gasteiger partial charge is 0.309 e. The molecule has 49 heavy (non-hydrogen) atoms. The highest BCUT2D eigenvalue weighted by Crippen LogP contribution is 2.47. The van der Waals surface area contributed by atoms with Gasteiger partial charge in [-0.2, -0.15) is 10.5 Å². The fourth-order valence-corrected chi connectivity index (χ4v) is 7.98. The summed E-state index contributed by atoms with van der Waals surface area (Å²) in [7, 11) is 0. The van der Waals surface area contributed by atoms with Crippen molar-refractivity contribution in [3.63, 3.8) is 0 Å². The van der Waals surface area contributed by atoms with Crippen molar-refractivity contribution >= 4 is 65.4 Å². The lowest BCUT2D eigenvalue weighted by Crippen LogP contribution is -1.99. The Morgan fingerprint density at radius 1 is 0.367 bits per heavy atom. The molecule has 0 atom stereocenters. The summed E-state index contributed by atoms with van der Waals surface area (Å²) in [5, 5.41) is 27.5. The zero-order valence-electron chi connectivity index (χ0n) is 26.2. The Morgan fingerprint density at radius 2 is 0.918 bits per heavy atom. The maximum absolute atomic E-state index is 10.8. The quantitative estimate of drug-likeness (QED) is 0.197. The Bertz CT molecular complexity index is 3050. The molecule has 0 aliphatic heterocycles. The van der Waals surface area contributed by atoms with E-state index in [0.717, 1.165) is 82.5 Å². The summed E-state index contributed by atoms with van der Waals surface area (Å²) in [6.07, 6.45) is 0. The molecule has 0 fully saturated rings. The lowest BCUT2D eigenvalue weighted by molar-refractivity contribution is 1.17. The third-order valence-electron chi connectivity index (χ3n) is 9.87. The van der Waals surface area contributed by atoms with Crippen molar-refractivity contribution in [3.05, 3.63) is 163 Å². The van der Waals surface area contributed by atoms with E-state index in [0.29, 0.717) is 11.1 Å². The number of aromatic nitrogens is 3. The van der Waals surface area contributed by atoms with Crippen molar-refractivity contribution in [2.75, 3.05) is 0 Å². The number of nitriles is 2. The van der Waals surface area contributed by atoms with Gasteiger partial charge in [0.05, 0.1) is 49.9 Å². The average molecular weight is 624 g/mol. The van der Waals surface area contributed by atoms with Gasteiger partial charge in [-0.15, -0.1) is 0 Å². The molecule has 0 aliphatic rings. The lowest BCUT2D eigenvalue weighted by atomic mass is 10.0. The summed E-state index contributed by atoms with van der Waals surface area (Å²) in [5.41, 5.74) is 10.1. The molecular weight excluding hydrogens is 599 g/mol. The molecule has 0 N–H and O–H groups in total. The second kappa shape index (κ2) is 10.2. The number of hydrogen-bond donors (Lipinski definition) is 0. The average Bonchev–Trinajstić information content (AvgIpc) is 3.81. The Kier molecular flexibility index (Phi) is 5.64. The Hall–Kier alpha value is -7.08. The van der Waals surface area contributed by atoms with Crippen LogP contribution in [0.2, 0.25) is 0 Å². The van der Waals surface area contributed by atoms with Crippen LogP contribution in [0, 0.1) is 22.7 Å². The molecule has 0 amide bonds.